The molecule has 1 aliphatic heterocycles. The number of hydrogen-bond acceptors (Lipinski definition) is 3. The van der Waals surface area contributed by atoms with E-state index >= 15 is 0 Å². The predicted molar refractivity (Wildman–Crippen MR) is 78.6 cm³/mol. The summed E-state index contributed by atoms with van der Waals surface area (Å²) in [6.45, 7) is 1.94. The van der Waals surface area contributed by atoms with Crippen LogP contribution in [0.2, 0.25) is 0 Å². The normalized spacial score (nSPS) is 16.2. The van der Waals surface area contributed by atoms with Crippen LogP contribution in [0.5, 0.6) is 0 Å². The van der Waals surface area contributed by atoms with E-state index in [2.05, 4.69) is 5.32 Å². The van der Waals surface area contributed by atoms with Crippen LogP contribution in [0, 0.1) is 5.92 Å². The number of likely N-dealkylation sites (tertiary alicyclic amines) is 1. The van der Waals surface area contributed by atoms with Crippen molar-refractivity contribution in [2.24, 2.45) is 5.92 Å². The van der Waals surface area contributed by atoms with Gasteiger partial charge in [-0.1, -0.05) is 0 Å². The van der Waals surface area contributed by atoms with E-state index in [9.17, 15) is 9.59 Å². The van der Waals surface area contributed by atoms with Gasteiger partial charge in [0.15, 0.2) is 0 Å². The highest BCUT2D eigenvalue weighted by molar-refractivity contribution is 6.17. The Labute approximate surface area is 125 Å². The first-order chi connectivity index (χ1) is 9.69. The molecule has 0 aromatic carbocycles. The van der Waals surface area contributed by atoms with E-state index in [0.717, 1.165) is 25.7 Å². The molecule has 0 spiro atoms. The molecule has 0 aromatic rings. The number of hydrogen-bond donors (Lipinski definition) is 2. The highest BCUT2D eigenvalue weighted by Gasteiger charge is 2.26. The van der Waals surface area contributed by atoms with E-state index in [0.29, 0.717) is 38.4 Å². The predicted octanol–water partition coefficient (Wildman–Crippen LogP) is 1.13. The Balaban J connectivity index is 2.21. The van der Waals surface area contributed by atoms with E-state index in [4.69, 9.17) is 16.7 Å². The molecule has 1 rings (SSSR count). The Morgan fingerprint density at radius 2 is 1.90 bits per heavy atom. The van der Waals surface area contributed by atoms with Crippen LogP contribution in [0.1, 0.15) is 38.5 Å². The summed E-state index contributed by atoms with van der Waals surface area (Å²) >= 11 is 5.59. The number of aliphatic hydroxyl groups excluding tert-OH is 1. The molecule has 0 unspecified atom stereocenters. The molecule has 1 saturated heterocycles. The lowest BCUT2D eigenvalue weighted by Crippen LogP contribution is -2.43. The lowest BCUT2D eigenvalue weighted by Gasteiger charge is -2.31. The Hall–Kier alpha value is -0.810. The standard InChI is InChI=1S/C14H25ClN2O3/c15-7-2-1-4-13(19)17-9-5-12(6-10-17)14(20)16-8-3-11-18/h12,18H,1-11H2,(H,16,20). The third-order valence-electron chi connectivity index (χ3n) is 3.63. The lowest BCUT2D eigenvalue weighted by atomic mass is 9.95. The Morgan fingerprint density at radius 3 is 2.50 bits per heavy atom. The summed E-state index contributed by atoms with van der Waals surface area (Å²) in [6, 6.07) is 0. The van der Waals surface area contributed by atoms with Gasteiger partial charge in [-0.05, 0) is 32.1 Å². The van der Waals surface area contributed by atoms with Crippen LogP contribution in [0.4, 0.5) is 0 Å². The SMILES string of the molecule is O=C(NCCCO)C1CCN(C(=O)CCCCCl)CC1. The van der Waals surface area contributed by atoms with Crippen molar-refractivity contribution in [2.45, 2.75) is 38.5 Å². The molecule has 0 atom stereocenters. The summed E-state index contributed by atoms with van der Waals surface area (Å²) in [5.41, 5.74) is 0. The molecule has 0 bridgehead atoms. The fourth-order valence-corrected chi connectivity index (χ4v) is 2.54. The van der Waals surface area contributed by atoms with Gasteiger partial charge < -0.3 is 15.3 Å². The molecular formula is C14H25ClN2O3. The maximum atomic E-state index is 11.9. The maximum absolute atomic E-state index is 11.9. The zero-order chi connectivity index (χ0) is 14.8. The fourth-order valence-electron chi connectivity index (χ4n) is 2.35. The first kappa shape index (κ1) is 17.2. The van der Waals surface area contributed by atoms with Crippen LogP contribution in [0.3, 0.4) is 0 Å². The first-order valence-electron chi connectivity index (χ1n) is 7.41. The highest BCUT2D eigenvalue weighted by atomic mass is 35.5. The fraction of sp³-hybridized carbons (Fsp3) is 0.857. The maximum Gasteiger partial charge on any atom is 0.223 e. The van der Waals surface area contributed by atoms with Crippen LogP contribution >= 0.6 is 11.6 Å². The van der Waals surface area contributed by atoms with E-state index in [1.165, 1.54) is 0 Å². The number of amides is 2. The van der Waals surface area contributed by atoms with Crippen molar-refractivity contribution in [2.75, 3.05) is 32.1 Å². The van der Waals surface area contributed by atoms with E-state index in [1.54, 1.807) is 0 Å². The van der Waals surface area contributed by atoms with Crippen molar-refractivity contribution in [3.05, 3.63) is 0 Å². The van der Waals surface area contributed by atoms with Crippen LogP contribution in [0.15, 0.2) is 0 Å². The monoisotopic (exact) mass is 304 g/mol. The summed E-state index contributed by atoms with van der Waals surface area (Å²) < 4.78 is 0. The van der Waals surface area contributed by atoms with Gasteiger partial charge in [0.25, 0.3) is 0 Å². The van der Waals surface area contributed by atoms with Crippen LogP contribution < -0.4 is 5.32 Å². The number of halogens is 1. The van der Waals surface area contributed by atoms with Gasteiger partial charge in [-0.15, -0.1) is 11.6 Å². The van der Waals surface area contributed by atoms with Gasteiger partial charge in [-0.2, -0.15) is 0 Å². The summed E-state index contributed by atoms with van der Waals surface area (Å²) in [4.78, 5) is 25.6. The highest BCUT2D eigenvalue weighted by Crippen LogP contribution is 2.18. The molecule has 2 N–H and O–H groups in total. The lowest BCUT2D eigenvalue weighted by molar-refractivity contribution is -0.135. The van der Waals surface area contributed by atoms with Crippen molar-refractivity contribution in [1.29, 1.82) is 0 Å². The number of unbranched alkanes of at least 4 members (excludes halogenated alkanes) is 1. The topological polar surface area (TPSA) is 69.6 Å². The van der Waals surface area contributed by atoms with Gasteiger partial charge in [-0.3, -0.25) is 9.59 Å². The average Bonchev–Trinajstić information content (AvgIpc) is 2.47. The molecule has 0 aromatic heterocycles. The second kappa shape index (κ2) is 10.00. The number of aliphatic hydroxyl groups is 1. The Morgan fingerprint density at radius 1 is 1.20 bits per heavy atom. The van der Waals surface area contributed by atoms with Gasteiger partial charge >= 0.3 is 0 Å². The number of piperidine rings is 1. The minimum atomic E-state index is 0.000541. The summed E-state index contributed by atoms with van der Waals surface area (Å²) in [5, 5.41) is 11.5. The number of nitrogens with zero attached hydrogens (tertiary/aromatic N) is 1. The summed E-state index contributed by atoms with van der Waals surface area (Å²) in [5.74, 6) is 0.825. The van der Waals surface area contributed by atoms with Crippen molar-refractivity contribution < 1.29 is 14.7 Å². The third kappa shape index (κ3) is 6.09. The van der Waals surface area contributed by atoms with Gasteiger partial charge in [-0.25, -0.2) is 0 Å². The molecule has 6 heteroatoms. The minimum Gasteiger partial charge on any atom is -0.396 e. The Bertz CT molecular complexity index is 275. The molecule has 1 aliphatic rings. The number of carbonyl (C=O) groups excluding carboxylic acids is 2. The molecule has 0 radical (unpaired) electrons. The van der Waals surface area contributed by atoms with Crippen molar-refractivity contribution in [3.63, 3.8) is 0 Å². The van der Waals surface area contributed by atoms with Crippen molar-refractivity contribution >= 4 is 23.4 Å². The molecule has 0 saturated carbocycles. The second-order valence-corrected chi connectivity index (χ2v) is 5.55. The van der Waals surface area contributed by atoms with Crippen LogP contribution in [-0.2, 0) is 9.59 Å². The molecule has 5 nitrogen and oxygen atoms in total. The average molecular weight is 305 g/mol. The number of nitrogens with one attached hydrogen (secondary N) is 1. The molecule has 20 heavy (non-hydrogen) atoms. The summed E-state index contributed by atoms with van der Waals surface area (Å²) in [7, 11) is 0. The zero-order valence-corrected chi connectivity index (χ0v) is 12.7. The number of carbonyl (C=O) groups is 2. The second-order valence-electron chi connectivity index (χ2n) is 5.17. The van der Waals surface area contributed by atoms with Crippen molar-refractivity contribution in [1.82, 2.24) is 10.2 Å². The molecular weight excluding hydrogens is 280 g/mol. The van der Waals surface area contributed by atoms with Crippen LogP contribution in [0.25, 0.3) is 0 Å². The molecule has 0 aliphatic carbocycles. The third-order valence-corrected chi connectivity index (χ3v) is 3.89. The smallest absolute Gasteiger partial charge is 0.223 e. The van der Waals surface area contributed by atoms with Gasteiger partial charge in [0.05, 0.1) is 0 Å². The zero-order valence-electron chi connectivity index (χ0n) is 11.9. The van der Waals surface area contributed by atoms with E-state index in [1.807, 2.05) is 4.90 Å². The molecule has 1 fully saturated rings. The van der Waals surface area contributed by atoms with E-state index in [-0.39, 0.29) is 24.3 Å². The first-order valence-corrected chi connectivity index (χ1v) is 7.94. The number of rotatable bonds is 8. The van der Waals surface area contributed by atoms with Gasteiger partial charge in [0.1, 0.15) is 0 Å². The molecule has 116 valence electrons. The van der Waals surface area contributed by atoms with Gasteiger partial charge in [0, 0.05) is 44.5 Å². The van der Waals surface area contributed by atoms with Crippen molar-refractivity contribution in [3.8, 4) is 0 Å². The Kier molecular flexibility index (Phi) is 8.62. The van der Waals surface area contributed by atoms with Gasteiger partial charge in [0.2, 0.25) is 11.8 Å². The quantitative estimate of drug-likeness (QED) is 0.522. The van der Waals surface area contributed by atoms with E-state index < -0.39 is 0 Å². The van der Waals surface area contributed by atoms with Crippen LogP contribution in [-0.4, -0.2) is 53.9 Å². The summed E-state index contributed by atoms with van der Waals surface area (Å²) in [6.07, 6.45) is 4.31. The largest absolute Gasteiger partial charge is 0.396 e. The molecule has 1 heterocycles. The molecule has 2 amide bonds. The minimum absolute atomic E-state index is 0.000541. The number of alkyl halides is 1.